The number of fused-ring (bicyclic) bond motifs is 3. The van der Waals surface area contributed by atoms with E-state index in [4.69, 9.17) is 16.3 Å². The molecule has 0 spiro atoms. The SMILES string of the molecule is COC(=O)c1cnc2c(c1)CC1CN(Cc3ccccc3-c3ccc(Cl)cc3)CCN21. The highest BCUT2D eigenvalue weighted by Crippen LogP contribution is 2.34. The summed E-state index contributed by atoms with van der Waals surface area (Å²) < 4.78 is 4.84. The highest BCUT2D eigenvalue weighted by molar-refractivity contribution is 6.30. The first-order valence-corrected chi connectivity index (χ1v) is 10.9. The van der Waals surface area contributed by atoms with Gasteiger partial charge in [0.05, 0.1) is 12.7 Å². The number of benzene rings is 2. The number of carbonyl (C=O) groups excluding carboxylic acids is 1. The Morgan fingerprint density at radius 3 is 2.77 bits per heavy atom. The molecule has 6 heteroatoms. The van der Waals surface area contributed by atoms with Crippen molar-refractivity contribution in [3.63, 3.8) is 0 Å². The Labute approximate surface area is 187 Å². The molecule has 5 nitrogen and oxygen atoms in total. The summed E-state index contributed by atoms with van der Waals surface area (Å²) in [6, 6.07) is 18.9. The minimum absolute atomic E-state index is 0.333. The number of rotatable bonds is 4. The largest absolute Gasteiger partial charge is 0.465 e. The zero-order valence-electron chi connectivity index (χ0n) is 17.4. The van der Waals surface area contributed by atoms with Crippen molar-refractivity contribution >= 4 is 23.4 Å². The van der Waals surface area contributed by atoms with E-state index in [1.165, 1.54) is 23.8 Å². The third-order valence-electron chi connectivity index (χ3n) is 6.22. The molecule has 31 heavy (non-hydrogen) atoms. The molecule has 0 bridgehead atoms. The monoisotopic (exact) mass is 433 g/mol. The Hall–Kier alpha value is -2.89. The summed E-state index contributed by atoms with van der Waals surface area (Å²) in [6.07, 6.45) is 2.53. The zero-order valence-corrected chi connectivity index (χ0v) is 18.2. The van der Waals surface area contributed by atoms with E-state index in [0.717, 1.165) is 49.0 Å². The summed E-state index contributed by atoms with van der Waals surface area (Å²) in [5, 5.41) is 0.752. The lowest BCUT2D eigenvalue weighted by Crippen LogP contribution is -2.51. The molecule has 1 aromatic heterocycles. The highest BCUT2D eigenvalue weighted by atomic mass is 35.5. The summed E-state index contributed by atoms with van der Waals surface area (Å²) >= 11 is 6.08. The minimum Gasteiger partial charge on any atom is -0.465 e. The lowest BCUT2D eigenvalue weighted by atomic mass is 9.99. The van der Waals surface area contributed by atoms with Gasteiger partial charge in [0, 0.05) is 43.4 Å². The van der Waals surface area contributed by atoms with Gasteiger partial charge in [-0.05, 0) is 46.9 Å². The molecule has 3 heterocycles. The Balaban J connectivity index is 1.32. The second kappa shape index (κ2) is 8.33. The molecule has 1 fully saturated rings. The molecule has 0 aliphatic carbocycles. The van der Waals surface area contributed by atoms with E-state index >= 15 is 0 Å². The van der Waals surface area contributed by atoms with Crippen molar-refractivity contribution in [2.75, 3.05) is 31.6 Å². The maximum Gasteiger partial charge on any atom is 0.339 e. The van der Waals surface area contributed by atoms with Gasteiger partial charge in [-0.2, -0.15) is 0 Å². The number of hydrogen-bond acceptors (Lipinski definition) is 5. The lowest BCUT2D eigenvalue weighted by molar-refractivity contribution is 0.0600. The molecule has 158 valence electrons. The van der Waals surface area contributed by atoms with Crippen molar-refractivity contribution in [1.29, 1.82) is 0 Å². The number of aromatic nitrogens is 1. The number of piperazine rings is 1. The van der Waals surface area contributed by atoms with Gasteiger partial charge in [0.1, 0.15) is 5.82 Å². The molecule has 0 radical (unpaired) electrons. The Morgan fingerprint density at radius 2 is 1.97 bits per heavy atom. The molecular weight excluding hydrogens is 410 g/mol. The number of esters is 1. The first-order chi connectivity index (χ1) is 15.1. The van der Waals surface area contributed by atoms with E-state index in [0.29, 0.717) is 11.6 Å². The molecule has 2 aliphatic rings. The number of halogens is 1. The van der Waals surface area contributed by atoms with E-state index in [9.17, 15) is 4.79 Å². The second-order valence-corrected chi connectivity index (χ2v) is 8.59. The molecule has 1 saturated heterocycles. The molecular formula is C25H24ClN3O2. The summed E-state index contributed by atoms with van der Waals surface area (Å²) in [5.74, 6) is 0.680. The fourth-order valence-electron chi connectivity index (χ4n) is 4.72. The van der Waals surface area contributed by atoms with Gasteiger partial charge >= 0.3 is 5.97 Å². The van der Waals surface area contributed by atoms with Gasteiger partial charge in [0.2, 0.25) is 0 Å². The average Bonchev–Trinajstić information content (AvgIpc) is 3.16. The maximum absolute atomic E-state index is 11.9. The second-order valence-electron chi connectivity index (χ2n) is 8.15. The minimum atomic E-state index is -0.333. The molecule has 0 amide bonds. The molecule has 2 aromatic carbocycles. The van der Waals surface area contributed by atoms with Crippen LogP contribution in [0.3, 0.4) is 0 Å². The van der Waals surface area contributed by atoms with Crippen LogP contribution in [0.25, 0.3) is 11.1 Å². The summed E-state index contributed by atoms with van der Waals surface area (Å²) in [5.41, 5.74) is 5.41. The van der Waals surface area contributed by atoms with Crippen LogP contribution in [0.1, 0.15) is 21.5 Å². The molecule has 2 aliphatic heterocycles. The Kier molecular flexibility index (Phi) is 5.38. The lowest BCUT2D eigenvalue weighted by Gasteiger charge is -2.38. The van der Waals surface area contributed by atoms with Gasteiger partial charge in [-0.3, -0.25) is 4.90 Å². The van der Waals surface area contributed by atoms with Crippen molar-refractivity contribution in [3.05, 3.63) is 82.5 Å². The fraction of sp³-hybridized carbons (Fsp3) is 0.280. The van der Waals surface area contributed by atoms with Crippen LogP contribution in [0, 0.1) is 0 Å². The molecule has 1 unspecified atom stereocenters. The number of methoxy groups -OCH3 is 1. The van der Waals surface area contributed by atoms with Crippen LogP contribution in [0.5, 0.6) is 0 Å². The number of pyridine rings is 1. The van der Waals surface area contributed by atoms with Crippen molar-refractivity contribution in [3.8, 4) is 11.1 Å². The number of nitrogens with zero attached hydrogens (tertiary/aromatic N) is 3. The zero-order chi connectivity index (χ0) is 21.4. The van der Waals surface area contributed by atoms with Gasteiger partial charge in [-0.15, -0.1) is 0 Å². The first kappa shape index (κ1) is 20.0. The van der Waals surface area contributed by atoms with Crippen LogP contribution in [0.4, 0.5) is 5.82 Å². The van der Waals surface area contributed by atoms with Crippen molar-refractivity contribution in [2.45, 2.75) is 19.0 Å². The van der Waals surface area contributed by atoms with Gasteiger partial charge in [0.15, 0.2) is 0 Å². The normalized spacial score (nSPS) is 17.9. The quantitative estimate of drug-likeness (QED) is 0.569. The third kappa shape index (κ3) is 3.91. The van der Waals surface area contributed by atoms with E-state index in [1.807, 2.05) is 18.2 Å². The number of carbonyl (C=O) groups is 1. The molecule has 0 saturated carbocycles. The van der Waals surface area contributed by atoms with E-state index in [2.05, 4.69) is 51.2 Å². The van der Waals surface area contributed by atoms with E-state index in [-0.39, 0.29) is 5.97 Å². The number of hydrogen-bond donors (Lipinski definition) is 0. The van der Waals surface area contributed by atoms with Gasteiger partial charge in [0.25, 0.3) is 0 Å². The van der Waals surface area contributed by atoms with Crippen molar-refractivity contribution < 1.29 is 9.53 Å². The molecule has 5 rings (SSSR count). The smallest absolute Gasteiger partial charge is 0.339 e. The van der Waals surface area contributed by atoms with Crippen molar-refractivity contribution in [1.82, 2.24) is 9.88 Å². The molecule has 1 atom stereocenters. The summed E-state index contributed by atoms with van der Waals surface area (Å²) in [7, 11) is 1.40. The third-order valence-corrected chi connectivity index (χ3v) is 6.48. The average molecular weight is 434 g/mol. The topological polar surface area (TPSA) is 45.7 Å². The molecule has 3 aromatic rings. The van der Waals surface area contributed by atoms with Gasteiger partial charge in [-0.1, -0.05) is 48.0 Å². The summed E-state index contributed by atoms with van der Waals surface area (Å²) in [4.78, 5) is 21.3. The number of anilines is 1. The van der Waals surface area contributed by atoms with E-state index in [1.54, 1.807) is 6.20 Å². The fourth-order valence-corrected chi connectivity index (χ4v) is 4.85. The van der Waals surface area contributed by atoms with Crippen LogP contribution in [0.2, 0.25) is 5.02 Å². The predicted octanol–water partition coefficient (Wildman–Crippen LogP) is 4.44. The summed E-state index contributed by atoms with van der Waals surface area (Å²) in [6.45, 7) is 3.79. The van der Waals surface area contributed by atoms with Crippen molar-refractivity contribution in [2.24, 2.45) is 0 Å². The maximum atomic E-state index is 11.9. The Morgan fingerprint density at radius 1 is 1.16 bits per heavy atom. The Bertz CT molecular complexity index is 1120. The van der Waals surface area contributed by atoms with Crippen LogP contribution in [-0.2, 0) is 17.7 Å². The van der Waals surface area contributed by atoms with Crippen LogP contribution in [0.15, 0.2) is 60.8 Å². The van der Waals surface area contributed by atoms with Gasteiger partial charge < -0.3 is 9.64 Å². The van der Waals surface area contributed by atoms with E-state index < -0.39 is 0 Å². The standard InChI is InChI=1S/C25H24ClN3O2/c1-31-25(30)20-12-19-13-22-16-28(10-11-29(22)24(19)27-14-20)15-18-4-2-3-5-23(18)17-6-8-21(26)9-7-17/h2-9,12,14,22H,10-11,13,15-16H2,1H3. The predicted molar refractivity (Wildman–Crippen MR) is 123 cm³/mol. The van der Waals surface area contributed by atoms with Crippen LogP contribution < -0.4 is 4.90 Å². The highest BCUT2D eigenvalue weighted by Gasteiger charge is 2.35. The van der Waals surface area contributed by atoms with Crippen LogP contribution in [-0.4, -0.2) is 48.6 Å². The van der Waals surface area contributed by atoms with Gasteiger partial charge in [-0.25, -0.2) is 9.78 Å². The van der Waals surface area contributed by atoms with Crippen LogP contribution >= 0.6 is 11.6 Å². The molecule has 0 N–H and O–H groups in total. The number of ether oxygens (including phenoxy) is 1. The first-order valence-electron chi connectivity index (χ1n) is 10.5.